The van der Waals surface area contributed by atoms with Crippen LogP contribution in [0.4, 0.5) is 4.79 Å². The minimum absolute atomic E-state index is 0.105. The number of carbonyl (C=O) groups excluding carboxylic acids is 1. The fraction of sp³-hybridized carbons (Fsp3) is 0.409. The van der Waals surface area contributed by atoms with Gasteiger partial charge in [-0.3, -0.25) is 0 Å². The number of hydrogen-bond donors (Lipinski definition) is 1. The molecule has 30 heavy (non-hydrogen) atoms. The molecule has 156 valence electrons. The highest BCUT2D eigenvalue weighted by Gasteiger charge is 2.40. The van der Waals surface area contributed by atoms with Crippen LogP contribution >= 0.6 is 0 Å². The van der Waals surface area contributed by atoms with Crippen molar-refractivity contribution in [2.24, 2.45) is 5.11 Å². The summed E-state index contributed by atoms with van der Waals surface area (Å²) in [5.41, 5.74) is 10.3. The number of piperidine rings is 1. The van der Waals surface area contributed by atoms with Crippen LogP contribution in [0.3, 0.4) is 0 Å². The highest BCUT2D eigenvalue weighted by molar-refractivity contribution is 6.08. The number of amides is 1. The van der Waals surface area contributed by atoms with E-state index in [1.54, 1.807) is 20.8 Å². The summed E-state index contributed by atoms with van der Waals surface area (Å²) in [5, 5.41) is 17.0. The second kappa shape index (κ2) is 7.55. The lowest BCUT2D eigenvalue weighted by molar-refractivity contribution is -0.0119. The Hall–Kier alpha value is -3.22. The quantitative estimate of drug-likeness (QED) is 0.380. The van der Waals surface area contributed by atoms with Crippen LogP contribution in [0.15, 0.2) is 53.6 Å². The van der Waals surface area contributed by atoms with Crippen LogP contribution in [0.2, 0.25) is 0 Å². The van der Waals surface area contributed by atoms with Gasteiger partial charge in [0.25, 0.3) is 0 Å². The second-order valence-corrected chi connectivity index (χ2v) is 8.62. The average molecular weight is 407 g/mol. The number of nitrogens with zero attached hydrogens (tertiary/aromatic N) is 5. The molecule has 3 atom stereocenters. The number of aromatic nitrogens is 1. The Morgan fingerprint density at radius 3 is 2.20 bits per heavy atom. The molecule has 0 aliphatic carbocycles. The number of likely N-dealkylation sites (tertiary alicyclic amines) is 1. The largest absolute Gasteiger partial charge is 0.444 e. The summed E-state index contributed by atoms with van der Waals surface area (Å²) in [6, 6.07) is 14.7. The van der Waals surface area contributed by atoms with Gasteiger partial charge in [-0.15, -0.1) is 0 Å². The molecule has 0 saturated carbocycles. The molecule has 0 radical (unpaired) electrons. The van der Waals surface area contributed by atoms with Crippen molar-refractivity contribution in [1.29, 1.82) is 0 Å². The first-order valence-electron chi connectivity index (χ1n) is 9.98. The van der Waals surface area contributed by atoms with Gasteiger partial charge in [-0.2, -0.15) is 0 Å². The van der Waals surface area contributed by atoms with E-state index in [1.165, 1.54) is 4.90 Å². The maximum atomic E-state index is 12.8. The first-order valence-corrected chi connectivity index (χ1v) is 9.98. The van der Waals surface area contributed by atoms with E-state index in [2.05, 4.69) is 10.0 Å². The van der Waals surface area contributed by atoms with Gasteiger partial charge in [-0.1, -0.05) is 41.5 Å². The van der Waals surface area contributed by atoms with Crippen LogP contribution in [0.25, 0.3) is 32.2 Å². The molecule has 1 aromatic heterocycles. The van der Waals surface area contributed by atoms with Gasteiger partial charge in [0.1, 0.15) is 5.60 Å². The van der Waals surface area contributed by atoms with E-state index in [4.69, 9.17) is 10.3 Å². The lowest BCUT2D eigenvalue weighted by Gasteiger charge is -2.41. The van der Waals surface area contributed by atoms with Gasteiger partial charge < -0.3 is 19.3 Å². The van der Waals surface area contributed by atoms with E-state index in [-0.39, 0.29) is 13.1 Å². The third-order valence-electron chi connectivity index (χ3n) is 5.40. The van der Waals surface area contributed by atoms with Crippen molar-refractivity contribution in [2.75, 3.05) is 13.1 Å². The molecule has 1 aliphatic heterocycles. The summed E-state index contributed by atoms with van der Waals surface area (Å²) >= 11 is 0. The molecule has 0 bridgehead atoms. The Kier molecular flexibility index (Phi) is 5.05. The Bertz CT molecular complexity index is 1090. The van der Waals surface area contributed by atoms with Gasteiger partial charge in [0.15, 0.2) is 0 Å². The highest BCUT2D eigenvalue weighted by Crippen LogP contribution is 2.36. The number of carbonyl (C=O) groups is 1. The van der Waals surface area contributed by atoms with Crippen molar-refractivity contribution >= 4 is 27.9 Å². The predicted molar refractivity (Wildman–Crippen MR) is 115 cm³/mol. The first kappa shape index (κ1) is 20.1. The topological polar surface area (TPSA) is 103 Å². The number of aliphatic hydroxyl groups excluding tert-OH is 1. The maximum absolute atomic E-state index is 12.8. The number of ether oxygens (including phenoxy) is 1. The Balaban J connectivity index is 1.83. The summed E-state index contributed by atoms with van der Waals surface area (Å²) in [4.78, 5) is 17.2. The summed E-state index contributed by atoms with van der Waals surface area (Å²) in [6.07, 6.45) is -1.43. The number of para-hydroxylation sites is 2. The number of fused-ring (bicyclic) bond motifs is 3. The van der Waals surface area contributed by atoms with E-state index >= 15 is 0 Å². The molecule has 1 aliphatic rings. The Morgan fingerprint density at radius 1 is 1.10 bits per heavy atom. The lowest BCUT2D eigenvalue weighted by atomic mass is 9.97. The molecule has 0 unspecified atom stereocenters. The van der Waals surface area contributed by atoms with Gasteiger partial charge in [0.2, 0.25) is 0 Å². The van der Waals surface area contributed by atoms with E-state index < -0.39 is 29.9 Å². The molecule has 1 N–H and O–H groups in total. The Morgan fingerprint density at radius 2 is 1.67 bits per heavy atom. The van der Waals surface area contributed by atoms with Gasteiger partial charge in [-0.05, 0) is 38.4 Å². The molecule has 8 nitrogen and oxygen atoms in total. The SMILES string of the molecule is CC(C)(C)OC(=O)N1C[C@@H](n2c3ccccc3c3ccccc32)[C@@H](O)[C@H](N=[N+]=[N-])C1. The van der Waals surface area contributed by atoms with Crippen molar-refractivity contribution in [3.63, 3.8) is 0 Å². The zero-order valence-corrected chi connectivity index (χ0v) is 17.3. The Labute approximate surface area is 174 Å². The van der Waals surface area contributed by atoms with Gasteiger partial charge in [0.05, 0.1) is 18.2 Å². The second-order valence-electron chi connectivity index (χ2n) is 8.62. The normalized spacial score (nSPS) is 22.1. The molecular formula is C22H25N5O3. The van der Waals surface area contributed by atoms with Crippen molar-refractivity contribution in [3.8, 4) is 0 Å². The monoisotopic (exact) mass is 407 g/mol. The average Bonchev–Trinajstić information content (AvgIpc) is 3.03. The van der Waals surface area contributed by atoms with Gasteiger partial charge >= 0.3 is 6.09 Å². The summed E-state index contributed by atoms with van der Waals surface area (Å²) < 4.78 is 7.59. The zero-order chi connectivity index (χ0) is 21.5. The van der Waals surface area contributed by atoms with E-state index in [1.807, 2.05) is 53.1 Å². The minimum Gasteiger partial charge on any atom is -0.444 e. The van der Waals surface area contributed by atoms with Crippen molar-refractivity contribution < 1.29 is 14.6 Å². The highest BCUT2D eigenvalue weighted by atomic mass is 16.6. The van der Waals surface area contributed by atoms with Crippen LogP contribution in [-0.2, 0) is 4.74 Å². The van der Waals surface area contributed by atoms with Crippen LogP contribution in [-0.4, -0.2) is 51.5 Å². The zero-order valence-electron chi connectivity index (χ0n) is 17.3. The number of azide groups is 1. The third-order valence-corrected chi connectivity index (χ3v) is 5.40. The lowest BCUT2D eigenvalue weighted by Crippen LogP contribution is -2.54. The van der Waals surface area contributed by atoms with Crippen molar-refractivity contribution in [3.05, 3.63) is 59.0 Å². The predicted octanol–water partition coefficient (Wildman–Crippen LogP) is 4.63. The fourth-order valence-electron chi connectivity index (χ4n) is 4.19. The fourth-order valence-corrected chi connectivity index (χ4v) is 4.19. The van der Waals surface area contributed by atoms with Crippen LogP contribution in [0, 0.1) is 0 Å². The minimum atomic E-state index is -0.946. The maximum Gasteiger partial charge on any atom is 0.410 e. The molecule has 1 saturated heterocycles. The molecule has 1 fully saturated rings. The third kappa shape index (κ3) is 3.56. The first-order chi connectivity index (χ1) is 14.3. The van der Waals surface area contributed by atoms with Crippen LogP contribution in [0.1, 0.15) is 26.8 Å². The van der Waals surface area contributed by atoms with Gasteiger partial charge in [-0.25, -0.2) is 4.79 Å². The number of hydrogen-bond acceptors (Lipinski definition) is 4. The number of rotatable bonds is 2. The molecule has 2 heterocycles. The summed E-state index contributed by atoms with van der Waals surface area (Å²) in [7, 11) is 0. The molecule has 2 aromatic carbocycles. The standard InChI is InChI=1S/C22H25N5O3/c1-22(2,3)30-21(29)26-12-16(24-25-23)20(28)19(13-26)27-17-10-6-4-8-14(17)15-9-5-7-11-18(15)27/h4-11,16,19-20,28H,12-13H2,1-3H3/t16-,19-,20+/m1/s1. The number of aliphatic hydroxyl groups is 1. The van der Waals surface area contributed by atoms with Crippen molar-refractivity contribution in [2.45, 2.75) is 44.6 Å². The molecule has 3 aromatic rings. The van der Waals surface area contributed by atoms with Crippen molar-refractivity contribution in [1.82, 2.24) is 9.47 Å². The van der Waals surface area contributed by atoms with E-state index in [0.29, 0.717) is 0 Å². The van der Waals surface area contributed by atoms with E-state index in [0.717, 1.165) is 21.8 Å². The summed E-state index contributed by atoms with van der Waals surface area (Å²) in [5.74, 6) is 0. The molecular weight excluding hydrogens is 382 g/mol. The number of benzene rings is 2. The summed E-state index contributed by atoms with van der Waals surface area (Å²) in [6.45, 7) is 5.77. The molecule has 1 amide bonds. The molecule has 4 rings (SSSR count). The van der Waals surface area contributed by atoms with E-state index in [9.17, 15) is 9.90 Å². The smallest absolute Gasteiger partial charge is 0.410 e. The van der Waals surface area contributed by atoms with Crippen LogP contribution in [0.5, 0.6) is 0 Å². The van der Waals surface area contributed by atoms with Crippen LogP contribution < -0.4 is 0 Å². The van der Waals surface area contributed by atoms with Gasteiger partial charge in [0, 0.05) is 39.8 Å². The molecule has 8 heteroatoms. The molecule has 0 spiro atoms.